The Hall–Kier alpha value is -2.29. The van der Waals surface area contributed by atoms with Gasteiger partial charge in [-0.1, -0.05) is 11.6 Å². The highest BCUT2D eigenvalue weighted by molar-refractivity contribution is 6.32. The number of carbonyl (C=O) groups excluding carboxylic acids is 1. The van der Waals surface area contributed by atoms with Gasteiger partial charge in [-0.2, -0.15) is 13.2 Å². The van der Waals surface area contributed by atoms with Crippen LogP contribution in [0.2, 0.25) is 5.02 Å². The number of ether oxygens (including phenoxy) is 1. The number of hydrogen-bond donors (Lipinski definition) is 0. The van der Waals surface area contributed by atoms with Crippen LogP contribution in [0.1, 0.15) is 12.5 Å². The number of amides is 1. The summed E-state index contributed by atoms with van der Waals surface area (Å²) in [7, 11) is 0. The number of aliphatic imine (C=N–C) groups is 1. The molecular weight excluding hydrogens is 378 g/mol. The lowest BCUT2D eigenvalue weighted by atomic mass is 10.1. The van der Waals surface area contributed by atoms with Crippen LogP contribution in [0.15, 0.2) is 22.8 Å². The average molecular weight is 390 g/mol. The van der Waals surface area contributed by atoms with Crippen molar-refractivity contribution in [1.82, 2.24) is 4.90 Å². The van der Waals surface area contributed by atoms with E-state index in [1.165, 1.54) is 0 Å². The van der Waals surface area contributed by atoms with Crippen LogP contribution in [-0.4, -0.2) is 42.1 Å². The Balaban J connectivity index is 1.89. The summed E-state index contributed by atoms with van der Waals surface area (Å²) in [6.07, 6.45) is -4.28. The number of nitrogens with zero attached hydrogens (tertiary/aromatic N) is 3. The molecule has 0 spiro atoms. The van der Waals surface area contributed by atoms with Crippen molar-refractivity contribution in [2.75, 3.05) is 18.0 Å². The van der Waals surface area contributed by atoms with Crippen molar-refractivity contribution >= 4 is 29.2 Å². The first-order chi connectivity index (χ1) is 12.2. The number of benzene rings is 1. The quantitative estimate of drug-likeness (QED) is 0.693. The average Bonchev–Trinajstić information content (AvgIpc) is 3.14. The molecular formula is C16H12ClF4N3O2. The highest BCUT2D eigenvalue weighted by atomic mass is 35.5. The van der Waals surface area contributed by atoms with Crippen molar-refractivity contribution in [2.24, 2.45) is 4.99 Å². The maximum absolute atomic E-state index is 14.7. The highest BCUT2D eigenvalue weighted by Crippen LogP contribution is 2.45. The van der Waals surface area contributed by atoms with E-state index in [1.54, 1.807) is 6.92 Å². The Kier molecular flexibility index (Phi) is 3.69. The molecule has 0 fully saturated rings. The van der Waals surface area contributed by atoms with E-state index < -0.39 is 23.6 Å². The molecule has 0 bridgehead atoms. The zero-order valence-electron chi connectivity index (χ0n) is 13.4. The van der Waals surface area contributed by atoms with Gasteiger partial charge in [-0.05, 0) is 13.0 Å². The molecule has 3 aliphatic rings. The third-order valence-electron chi connectivity index (χ3n) is 4.37. The van der Waals surface area contributed by atoms with Gasteiger partial charge >= 0.3 is 6.18 Å². The summed E-state index contributed by atoms with van der Waals surface area (Å²) in [5.41, 5.74) is -0.929. The minimum Gasteiger partial charge on any atom is -0.488 e. The summed E-state index contributed by atoms with van der Waals surface area (Å²) >= 11 is 6.01. The molecule has 3 heterocycles. The molecule has 0 N–H and O–H groups in total. The van der Waals surface area contributed by atoms with Gasteiger partial charge in [0, 0.05) is 24.6 Å². The molecule has 4 rings (SSSR count). The molecule has 5 nitrogen and oxygen atoms in total. The summed E-state index contributed by atoms with van der Waals surface area (Å²) in [6.45, 7) is 1.77. The standard InChI is InChI=1S/C16H12ClF4N3O2/c1-7-4-8-13(10(18)5-9(17)14(8)26-7)24-12(25)6-11(16(19,20)21)23-3-2-22-15(23)24/h5-7H,2-4H2,1H3. The predicted octanol–water partition coefficient (Wildman–Crippen LogP) is 3.27. The van der Waals surface area contributed by atoms with Crippen LogP contribution in [0, 0.1) is 5.82 Å². The summed E-state index contributed by atoms with van der Waals surface area (Å²) in [5.74, 6) is -1.85. The minimum atomic E-state index is -4.72. The second kappa shape index (κ2) is 5.60. The monoisotopic (exact) mass is 389 g/mol. The van der Waals surface area contributed by atoms with Crippen LogP contribution in [-0.2, 0) is 11.2 Å². The van der Waals surface area contributed by atoms with Crippen LogP contribution >= 0.6 is 11.6 Å². The number of fused-ring (bicyclic) bond motifs is 2. The highest BCUT2D eigenvalue weighted by Gasteiger charge is 2.48. The van der Waals surface area contributed by atoms with Crippen molar-refractivity contribution < 1.29 is 27.1 Å². The largest absolute Gasteiger partial charge is 0.488 e. The van der Waals surface area contributed by atoms with E-state index in [4.69, 9.17) is 16.3 Å². The number of anilines is 1. The van der Waals surface area contributed by atoms with Crippen LogP contribution in [0.4, 0.5) is 23.2 Å². The number of allylic oxidation sites excluding steroid dienone is 1. The van der Waals surface area contributed by atoms with Crippen LogP contribution in [0.3, 0.4) is 0 Å². The molecule has 0 saturated carbocycles. The van der Waals surface area contributed by atoms with E-state index in [9.17, 15) is 22.4 Å². The lowest BCUT2D eigenvalue weighted by molar-refractivity contribution is -0.119. The Morgan fingerprint density at radius 1 is 1.38 bits per heavy atom. The molecule has 1 unspecified atom stereocenters. The Labute approximate surface area is 150 Å². The van der Waals surface area contributed by atoms with Gasteiger partial charge in [0.05, 0.1) is 17.3 Å². The van der Waals surface area contributed by atoms with Crippen molar-refractivity contribution in [3.05, 3.63) is 34.2 Å². The maximum Gasteiger partial charge on any atom is 0.431 e. The number of alkyl halides is 3. The molecule has 1 aromatic rings. The SMILES string of the molecule is CC1Cc2c(c(Cl)cc(F)c2N2C(=O)C=C(C(F)(F)F)N3CCN=C32)O1. The molecule has 138 valence electrons. The van der Waals surface area contributed by atoms with Crippen molar-refractivity contribution in [3.63, 3.8) is 0 Å². The zero-order valence-corrected chi connectivity index (χ0v) is 14.2. The van der Waals surface area contributed by atoms with Gasteiger partial charge in [0.25, 0.3) is 5.91 Å². The molecule has 26 heavy (non-hydrogen) atoms. The van der Waals surface area contributed by atoms with Gasteiger partial charge in [0.1, 0.15) is 23.4 Å². The van der Waals surface area contributed by atoms with Gasteiger partial charge in [0.15, 0.2) is 0 Å². The van der Waals surface area contributed by atoms with Crippen LogP contribution in [0.5, 0.6) is 5.75 Å². The lowest BCUT2D eigenvalue weighted by Gasteiger charge is -2.35. The van der Waals surface area contributed by atoms with Crippen LogP contribution in [0.25, 0.3) is 0 Å². The van der Waals surface area contributed by atoms with Gasteiger partial charge < -0.3 is 9.64 Å². The molecule has 0 radical (unpaired) electrons. The molecule has 1 amide bonds. The number of rotatable bonds is 1. The summed E-state index contributed by atoms with van der Waals surface area (Å²) in [4.78, 5) is 18.3. The third kappa shape index (κ3) is 2.45. The number of carbonyl (C=O) groups is 1. The third-order valence-corrected chi connectivity index (χ3v) is 4.65. The van der Waals surface area contributed by atoms with E-state index in [-0.39, 0.29) is 48.0 Å². The van der Waals surface area contributed by atoms with Crippen molar-refractivity contribution in [2.45, 2.75) is 25.6 Å². The fraction of sp³-hybridized carbons (Fsp3) is 0.375. The normalized spacial score (nSPS) is 22.1. The van der Waals surface area contributed by atoms with E-state index in [2.05, 4.69) is 4.99 Å². The number of guanidine groups is 1. The van der Waals surface area contributed by atoms with Gasteiger partial charge in [-0.15, -0.1) is 0 Å². The minimum absolute atomic E-state index is 0.0469. The van der Waals surface area contributed by atoms with Gasteiger partial charge in [-0.25, -0.2) is 9.29 Å². The molecule has 1 atom stereocenters. The van der Waals surface area contributed by atoms with Crippen molar-refractivity contribution in [3.8, 4) is 5.75 Å². The predicted molar refractivity (Wildman–Crippen MR) is 85.8 cm³/mol. The first-order valence-corrected chi connectivity index (χ1v) is 8.18. The first-order valence-electron chi connectivity index (χ1n) is 7.81. The Morgan fingerprint density at radius 3 is 2.81 bits per heavy atom. The summed E-state index contributed by atoms with van der Waals surface area (Å²) < 4.78 is 60.0. The second-order valence-corrected chi connectivity index (χ2v) is 6.57. The molecule has 0 saturated heterocycles. The zero-order chi connectivity index (χ0) is 18.8. The van der Waals surface area contributed by atoms with Gasteiger partial charge in [-0.3, -0.25) is 9.79 Å². The fourth-order valence-corrected chi connectivity index (χ4v) is 3.64. The summed E-state index contributed by atoms with van der Waals surface area (Å²) in [5, 5.41) is 0.0480. The maximum atomic E-state index is 14.7. The van der Waals surface area contributed by atoms with Crippen LogP contribution < -0.4 is 9.64 Å². The number of halogens is 5. The number of hydrogen-bond acceptors (Lipinski definition) is 4. The lowest BCUT2D eigenvalue weighted by Crippen LogP contribution is -2.51. The van der Waals surface area contributed by atoms with E-state index in [0.29, 0.717) is 11.6 Å². The molecule has 0 aliphatic carbocycles. The Bertz CT molecular complexity index is 881. The van der Waals surface area contributed by atoms with Gasteiger partial charge in [0.2, 0.25) is 5.96 Å². The fourth-order valence-electron chi connectivity index (χ4n) is 3.39. The summed E-state index contributed by atoms with van der Waals surface area (Å²) in [6, 6.07) is 0.990. The first kappa shape index (κ1) is 17.1. The van der Waals surface area contributed by atoms with E-state index in [0.717, 1.165) is 15.9 Å². The topological polar surface area (TPSA) is 45.1 Å². The van der Waals surface area contributed by atoms with E-state index >= 15 is 0 Å². The molecule has 3 aliphatic heterocycles. The Morgan fingerprint density at radius 2 is 2.12 bits per heavy atom. The molecule has 0 aromatic heterocycles. The molecule has 10 heteroatoms. The van der Waals surface area contributed by atoms with Crippen molar-refractivity contribution in [1.29, 1.82) is 0 Å². The van der Waals surface area contributed by atoms with E-state index in [1.807, 2.05) is 0 Å². The molecule has 1 aromatic carbocycles. The second-order valence-electron chi connectivity index (χ2n) is 6.16. The smallest absolute Gasteiger partial charge is 0.431 e.